The number of hydrogen-bond donors (Lipinski definition) is 2. The molecule has 0 spiro atoms. The van der Waals surface area contributed by atoms with Gasteiger partial charge in [-0.3, -0.25) is 0 Å². The maximum Gasteiger partial charge on any atom is 0.319 e. The average Bonchev–Trinajstić information content (AvgIpc) is 1.65. The van der Waals surface area contributed by atoms with Gasteiger partial charge in [0.1, 0.15) is 0 Å². The van der Waals surface area contributed by atoms with Gasteiger partial charge in [0.05, 0.1) is 0 Å². The third-order valence-corrected chi connectivity index (χ3v) is 0.607. The molecular weight excluding hydrogens is 134 g/mol. The number of nitrogens with zero attached hydrogens (tertiary/aromatic N) is 2. The second kappa shape index (κ2) is 2.97. The molecule has 0 amide bonds. The van der Waals surface area contributed by atoms with Crippen molar-refractivity contribution < 1.29 is 13.6 Å². The Morgan fingerprint density at radius 2 is 2.12 bits per heavy atom. The van der Waals surface area contributed by atoms with Crippen LogP contribution >= 0.6 is 0 Å². The van der Waals surface area contributed by atoms with Crippen molar-refractivity contribution in [1.29, 1.82) is 0 Å². The zero-order valence-electron chi connectivity index (χ0n) is 3.64. The van der Waals surface area contributed by atoms with Crippen LogP contribution in [0.3, 0.4) is 0 Å². The van der Waals surface area contributed by atoms with Crippen molar-refractivity contribution in [2.24, 2.45) is 15.3 Å². The van der Waals surface area contributed by atoms with E-state index in [4.69, 9.17) is 5.21 Å². The van der Waals surface area contributed by atoms with Crippen LogP contribution in [-0.4, -0.2) is 19.6 Å². The molecular formula is CH3N3O3S. The number of rotatable bonds is 0. The maximum absolute atomic E-state index is 9.53. The molecule has 0 heterocycles. The molecule has 0 atom stereocenters. The topological polar surface area (TPSA) is 105 Å². The summed E-state index contributed by atoms with van der Waals surface area (Å²) in [6, 6.07) is 0. The summed E-state index contributed by atoms with van der Waals surface area (Å²) in [7, 11) is -2.64. The molecule has 0 unspecified atom stereocenters. The van der Waals surface area contributed by atoms with Gasteiger partial charge in [0.15, 0.2) is 0 Å². The van der Waals surface area contributed by atoms with Gasteiger partial charge in [-0.25, -0.2) is 0 Å². The highest BCUT2D eigenvalue weighted by Crippen LogP contribution is 1.64. The molecule has 0 rings (SSSR count). The van der Waals surface area contributed by atoms with Gasteiger partial charge in [-0.2, -0.15) is 8.42 Å². The third-order valence-electron chi connectivity index (χ3n) is 0.271. The Morgan fingerprint density at radius 3 is 2.25 bits per heavy atom. The second-order valence-corrected chi connectivity index (χ2v) is 1.38. The van der Waals surface area contributed by atoms with Crippen LogP contribution in [0.2, 0.25) is 0 Å². The Bertz CT molecular complexity index is 205. The number of nitrogens with two attached hydrogens (primary N) is 1. The van der Waals surface area contributed by atoms with Gasteiger partial charge in [-0.05, 0) is 5.16 Å². The van der Waals surface area contributed by atoms with E-state index >= 15 is 0 Å². The highest BCUT2D eigenvalue weighted by molar-refractivity contribution is 7.62. The van der Waals surface area contributed by atoms with E-state index in [1.165, 1.54) is 0 Å². The summed E-state index contributed by atoms with van der Waals surface area (Å²) >= 11 is 0. The van der Waals surface area contributed by atoms with Gasteiger partial charge in [0.25, 0.3) is 5.96 Å². The summed E-state index contributed by atoms with van der Waals surface area (Å²) < 4.78 is 21.7. The number of hydrogen-bond acceptors (Lipinski definition) is 4. The molecule has 0 aliphatic heterocycles. The molecule has 7 heteroatoms. The third kappa shape index (κ3) is 3.09. The molecule has 0 bridgehead atoms. The predicted molar refractivity (Wildman–Crippen MR) is 24.8 cm³/mol. The molecule has 0 saturated heterocycles. The van der Waals surface area contributed by atoms with Crippen molar-refractivity contribution in [3.63, 3.8) is 0 Å². The van der Waals surface area contributed by atoms with Gasteiger partial charge >= 0.3 is 10.5 Å². The zero-order valence-corrected chi connectivity index (χ0v) is 4.46. The Morgan fingerprint density at radius 1 is 1.62 bits per heavy atom. The molecule has 8 heavy (non-hydrogen) atoms. The number of guanidine groups is 1. The summed E-state index contributed by atoms with van der Waals surface area (Å²) in [4.78, 5) is 0. The fourth-order valence-corrected chi connectivity index (χ4v) is 0.284. The van der Waals surface area contributed by atoms with E-state index in [0.29, 0.717) is 0 Å². The first-order valence-electron chi connectivity index (χ1n) is 1.45. The summed E-state index contributed by atoms with van der Waals surface area (Å²) in [5.74, 6) is -0.682. The molecule has 0 aliphatic carbocycles. The van der Waals surface area contributed by atoms with E-state index in [1.807, 2.05) is 0 Å². The first-order valence-corrected chi connectivity index (χ1v) is 2.48. The lowest BCUT2D eigenvalue weighted by atomic mass is 11.1. The van der Waals surface area contributed by atoms with Gasteiger partial charge in [-0.1, -0.05) is 4.36 Å². The van der Waals surface area contributed by atoms with Crippen molar-refractivity contribution in [1.82, 2.24) is 0 Å². The van der Waals surface area contributed by atoms with Crippen molar-refractivity contribution in [3.8, 4) is 0 Å². The lowest BCUT2D eigenvalue weighted by Gasteiger charge is -1.74. The monoisotopic (exact) mass is 137 g/mol. The summed E-state index contributed by atoms with van der Waals surface area (Å²) in [6.07, 6.45) is 0. The molecule has 0 saturated carbocycles. The Hall–Kier alpha value is -1.11. The lowest BCUT2D eigenvalue weighted by Crippen LogP contribution is -2.06. The van der Waals surface area contributed by atoms with E-state index in [0.717, 1.165) is 0 Å². The molecule has 0 aromatic rings. The molecule has 3 N–H and O–H groups in total. The van der Waals surface area contributed by atoms with E-state index < -0.39 is 16.5 Å². The fraction of sp³-hybridized carbons (Fsp3) is 0. The summed E-state index contributed by atoms with van der Waals surface area (Å²) in [5, 5.41) is 9.94. The predicted octanol–water partition coefficient (Wildman–Crippen LogP) is -1.25. The summed E-state index contributed by atoms with van der Waals surface area (Å²) in [5.41, 5.74) is 4.61. The first-order chi connectivity index (χ1) is 3.66. The smallest absolute Gasteiger partial charge is 0.319 e. The van der Waals surface area contributed by atoms with Crippen molar-refractivity contribution in [2.75, 3.05) is 0 Å². The largest absolute Gasteiger partial charge is 0.408 e. The molecule has 46 valence electrons. The van der Waals surface area contributed by atoms with Gasteiger partial charge < -0.3 is 10.9 Å². The van der Waals surface area contributed by atoms with Crippen LogP contribution in [0.25, 0.3) is 0 Å². The number of oxime groups is 1. The van der Waals surface area contributed by atoms with E-state index in [1.54, 1.807) is 0 Å². The van der Waals surface area contributed by atoms with Crippen LogP contribution in [0.15, 0.2) is 9.52 Å². The molecule has 0 aromatic heterocycles. The van der Waals surface area contributed by atoms with Crippen molar-refractivity contribution >= 4 is 16.5 Å². The highest BCUT2D eigenvalue weighted by atomic mass is 32.2. The highest BCUT2D eigenvalue weighted by Gasteiger charge is 1.81. The SMILES string of the molecule is N/C(N=S(=O)=O)=N\O. The summed E-state index contributed by atoms with van der Waals surface area (Å²) in [6.45, 7) is 0. The minimum absolute atomic E-state index is 0.682. The standard InChI is InChI=1S/CH3N3O3S/c2-1(3-5)4-8(6)7/h5H,(H2,2,3). The zero-order chi connectivity index (χ0) is 6.57. The lowest BCUT2D eigenvalue weighted by molar-refractivity contribution is 0.317. The second-order valence-electron chi connectivity index (χ2n) is 0.767. The van der Waals surface area contributed by atoms with Crippen LogP contribution in [0, 0.1) is 0 Å². The van der Waals surface area contributed by atoms with E-state index in [9.17, 15) is 8.42 Å². The molecule has 0 aliphatic rings. The minimum atomic E-state index is -2.64. The fourth-order valence-electron chi connectivity index (χ4n) is 0.0946. The average molecular weight is 137 g/mol. The molecule has 6 nitrogen and oxygen atoms in total. The van der Waals surface area contributed by atoms with Crippen molar-refractivity contribution in [3.05, 3.63) is 0 Å². The normalized spacial score (nSPS) is 10.8. The van der Waals surface area contributed by atoms with E-state index in [2.05, 4.69) is 15.3 Å². The molecule has 0 fully saturated rings. The van der Waals surface area contributed by atoms with E-state index in [-0.39, 0.29) is 0 Å². The molecule has 0 aromatic carbocycles. The Balaban J connectivity index is 4.35. The maximum atomic E-state index is 9.53. The molecule has 0 radical (unpaired) electrons. The Kier molecular flexibility index (Phi) is 2.56. The van der Waals surface area contributed by atoms with Gasteiger partial charge in [0.2, 0.25) is 0 Å². The van der Waals surface area contributed by atoms with Gasteiger partial charge in [0, 0.05) is 0 Å². The first kappa shape index (κ1) is 6.89. The van der Waals surface area contributed by atoms with Crippen LogP contribution in [-0.2, 0) is 10.5 Å². The van der Waals surface area contributed by atoms with Crippen LogP contribution in [0.4, 0.5) is 0 Å². The van der Waals surface area contributed by atoms with Crippen LogP contribution in [0.1, 0.15) is 0 Å². The van der Waals surface area contributed by atoms with Crippen LogP contribution in [0.5, 0.6) is 0 Å². The minimum Gasteiger partial charge on any atom is -0.408 e. The quantitative estimate of drug-likeness (QED) is 0.188. The van der Waals surface area contributed by atoms with Gasteiger partial charge in [-0.15, -0.1) is 0 Å². The van der Waals surface area contributed by atoms with Crippen molar-refractivity contribution in [2.45, 2.75) is 0 Å². The van der Waals surface area contributed by atoms with Crippen LogP contribution < -0.4 is 5.73 Å². The Labute approximate surface area is 46.3 Å².